The molecule has 4 aromatic rings. The number of hydrogen-bond acceptors (Lipinski definition) is 4. The molecule has 4 rings (SSSR count). The first-order valence-corrected chi connectivity index (χ1v) is 7.57. The van der Waals surface area contributed by atoms with E-state index in [1.807, 2.05) is 24.3 Å². The van der Waals surface area contributed by atoms with Crippen molar-refractivity contribution in [1.82, 2.24) is 9.97 Å². The van der Waals surface area contributed by atoms with Crippen LogP contribution in [0.15, 0.2) is 71.6 Å². The fraction of sp³-hybridized carbons (Fsp3) is 0. The molecule has 1 amide bonds. The zero-order valence-electron chi connectivity index (χ0n) is 12.9. The third-order valence-corrected chi connectivity index (χ3v) is 3.76. The van der Waals surface area contributed by atoms with Crippen molar-refractivity contribution in [3.05, 3.63) is 78.7 Å². The van der Waals surface area contributed by atoms with Crippen LogP contribution >= 0.6 is 0 Å². The Morgan fingerprint density at radius 1 is 1.04 bits per heavy atom. The second-order valence-corrected chi connectivity index (χ2v) is 5.37. The van der Waals surface area contributed by atoms with Crippen molar-refractivity contribution in [1.29, 1.82) is 0 Å². The molecule has 5 nitrogen and oxygen atoms in total. The van der Waals surface area contributed by atoms with Gasteiger partial charge in [0.25, 0.3) is 5.91 Å². The highest BCUT2D eigenvalue weighted by Gasteiger charge is 2.20. The van der Waals surface area contributed by atoms with Crippen LogP contribution in [0.3, 0.4) is 0 Å². The van der Waals surface area contributed by atoms with Crippen LogP contribution in [-0.2, 0) is 0 Å². The Labute approximate surface area is 142 Å². The molecule has 0 aliphatic rings. The average molecular weight is 333 g/mol. The van der Waals surface area contributed by atoms with Crippen LogP contribution in [0.1, 0.15) is 10.5 Å². The van der Waals surface area contributed by atoms with Gasteiger partial charge in [-0.1, -0.05) is 18.2 Å². The van der Waals surface area contributed by atoms with Gasteiger partial charge in [-0.15, -0.1) is 0 Å². The Morgan fingerprint density at radius 3 is 2.80 bits per heavy atom. The largest absolute Gasteiger partial charge is 0.443 e. The zero-order chi connectivity index (χ0) is 17.2. The van der Waals surface area contributed by atoms with Crippen LogP contribution in [-0.4, -0.2) is 15.9 Å². The van der Waals surface area contributed by atoms with Gasteiger partial charge in [-0.3, -0.25) is 9.78 Å². The summed E-state index contributed by atoms with van der Waals surface area (Å²) in [4.78, 5) is 20.7. The molecule has 25 heavy (non-hydrogen) atoms. The number of aromatic nitrogens is 2. The van der Waals surface area contributed by atoms with E-state index < -0.39 is 11.7 Å². The summed E-state index contributed by atoms with van der Waals surface area (Å²) in [5.41, 5.74) is 1.63. The van der Waals surface area contributed by atoms with Crippen molar-refractivity contribution in [2.75, 3.05) is 5.32 Å². The summed E-state index contributed by atoms with van der Waals surface area (Å²) in [6.45, 7) is 0. The Bertz CT molecular complexity index is 1070. The number of amides is 1. The number of halogens is 1. The Morgan fingerprint density at radius 2 is 1.92 bits per heavy atom. The molecule has 0 unspecified atom stereocenters. The maximum absolute atomic E-state index is 14.0. The lowest BCUT2D eigenvalue weighted by atomic mass is 10.1. The number of rotatable bonds is 3. The SMILES string of the molecule is O=C(Nc1ccc2ncccc2c1)c1ncoc1-c1ccccc1F. The van der Waals surface area contributed by atoms with Crippen LogP contribution in [0.25, 0.3) is 22.2 Å². The van der Waals surface area contributed by atoms with Gasteiger partial charge in [0.15, 0.2) is 17.8 Å². The van der Waals surface area contributed by atoms with Gasteiger partial charge < -0.3 is 9.73 Å². The molecule has 6 heteroatoms. The van der Waals surface area contributed by atoms with E-state index in [2.05, 4.69) is 15.3 Å². The highest BCUT2D eigenvalue weighted by molar-refractivity contribution is 6.07. The first kappa shape index (κ1) is 15.0. The standard InChI is InChI=1S/C19H12FN3O2/c20-15-6-2-1-5-14(15)18-17(22-11-25-18)19(24)23-13-7-8-16-12(10-13)4-3-9-21-16/h1-11H,(H,23,24). The van der Waals surface area contributed by atoms with E-state index >= 15 is 0 Å². The third kappa shape index (κ3) is 2.85. The average Bonchev–Trinajstić information content (AvgIpc) is 3.11. The zero-order valence-corrected chi connectivity index (χ0v) is 12.9. The first-order valence-electron chi connectivity index (χ1n) is 7.57. The summed E-state index contributed by atoms with van der Waals surface area (Å²) in [6.07, 6.45) is 2.83. The second kappa shape index (κ2) is 6.16. The van der Waals surface area contributed by atoms with Crippen molar-refractivity contribution < 1.29 is 13.6 Å². The first-order chi connectivity index (χ1) is 12.2. The maximum atomic E-state index is 14.0. The number of carbonyl (C=O) groups is 1. The Hall–Kier alpha value is -3.54. The normalized spacial score (nSPS) is 10.8. The number of hydrogen-bond donors (Lipinski definition) is 1. The van der Waals surface area contributed by atoms with Crippen LogP contribution in [0.2, 0.25) is 0 Å². The van der Waals surface area contributed by atoms with Gasteiger partial charge in [-0.2, -0.15) is 0 Å². The van der Waals surface area contributed by atoms with Crippen molar-refractivity contribution in [2.45, 2.75) is 0 Å². The molecule has 0 aliphatic carbocycles. The van der Waals surface area contributed by atoms with Gasteiger partial charge >= 0.3 is 0 Å². The summed E-state index contributed by atoms with van der Waals surface area (Å²) in [5, 5.41) is 3.65. The molecule has 122 valence electrons. The number of anilines is 1. The van der Waals surface area contributed by atoms with Crippen molar-refractivity contribution in [2.24, 2.45) is 0 Å². The highest BCUT2D eigenvalue weighted by Crippen LogP contribution is 2.26. The van der Waals surface area contributed by atoms with Gasteiger partial charge in [0.1, 0.15) is 5.82 Å². The summed E-state index contributed by atoms with van der Waals surface area (Å²) in [6, 6.07) is 15.2. The molecular weight excluding hydrogens is 321 g/mol. The quantitative estimate of drug-likeness (QED) is 0.607. The summed E-state index contributed by atoms with van der Waals surface area (Å²) in [7, 11) is 0. The number of oxazole rings is 1. The van der Waals surface area contributed by atoms with Crippen LogP contribution < -0.4 is 5.32 Å². The smallest absolute Gasteiger partial charge is 0.278 e. The molecule has 2 aromatic carbocycles. The van der Waals surface area contributed by atoms with E-state index in [0.717, 1.165) is 17.3 Å². The van der Waals surface area contributed by atoms with E-state index in [0.29, 0.717) is 5.69 Å². The van der Waals surface area contributed by atoms with Crippen LogP contribution in [0, 0.1) is 5.82 Å². The van der Waals surface area contributed by atoms with E-state index in [9.17, 15) is 9.18 Å². The van der Waals surface area contributed by atoms with E-state index in [4.69, 9.17) is 4.42 Å². The van der Waals surface area contributed by atoms with Crippen LogP contribution in [0.4, 0.5) is 10.1 Å². The van der Waals surface area contributed by atoms with Crippen molar-refractivity contribution in [3.8, 4) is 11.3 Å². The minimum atomic E-state index is -0.481. The monoisotopic (exact) mass is 333 g/mol. The molecule has 0 atom stereocenters. The second-order valence-electron chi connectivity index (χ2n) is 5.37. The van der Waals surface area contributed by atoms with E-state index in [-0.39, 0.29) is 17.0 Å². The molecular formula is C19H12FN3O2. The summed E-state index contributed by atoms with van der Waals surface area (Å²) >= 11 is 0. The number of nitrogens with one attached hydrogen (secondary N) is 1. The Kier molecular flexibility index (Phi) is 3.70. The number of benzene rings is 2. The molecule has 0 saturated heterocycles. The molecule has 0 saturated carbocycles. The van der Waals surface area contributed by atoms with Crippen LogP contribution in [0.5, 0.6) is 0 Å². The fourth-order valence-electron chi connectivity index (χ4n) is 2.59. The lowest BCUT2D eigenvalue weighted by molar-refractivity contribution is 0.102. The predicted octanol–water partition coefficient (Wildman–Crippen LogP) is 4.28. The predicted molar refractivity (Wildman–Crippen MR) is 91.6 cm³/mol. The molecule has 0 bridgehead atoms. The van der Waals surface area contributed by atoms with Gasteiger partial charge in [-0.05, 0) is 36.4 Å². The summed E-state index contributed by atoms with van der Waals surface area (Å²) < 4.78 is 19.2. The van der Waals surface area contributed by atoms with E-state index in [1.54, 1.807) is 24.4 Å². The topological polar surface area (TPSA) is 68.0 Å². The molecule has 0 radical (unpaired) electrons. The number of pyridine rings is 1. The van der Waals surface area contributed by atoms with Gasteiger partial charge in [0.05, 0.1) is 11.1 Å². The van der Waals surface area contributed by atoms with Crippen molar-refractivity contribution >= 4 is 22.5 Å². The summed E-state index contributed by atoms with van der Waals surface area (Å²) in [5.74, 6) is -0.863. The molecule has 0 aliphatic heterocycles. The molecule has 1 N–H and O–H groups in total. The fourth-order valence-corrected chi connectivity index (χ4v) is 2.59. The van der Waals surface area contributed by atoms with Gasteiger partial charge in [0.2, 0.25) is 0 Å². The maximum Gasteiger partial charge on any atom is 0.278 e. The minimum Gasteiger partial charge on any atom is -0.443 e. The van der Waals surface area contributed by atoms with Gasteiger partial charge in [0, 0.05) is 17.3 Å². The number of nitrogens with zero attached hydrogens (tertiary/aromatic N) is 2. The van der Waals surface area contributed by atoms with Crippen molar-refractivity contribution in [3.63, 3.8) is 0 Å². The Balaban J connectivity index is 1.66. The molecule has 0 spiro atoms. The molecule has 2 aromatic heterocycles. The third-order valence-electron chi connectivity index (χ3n) is 3.76. The lowest BCUT2D eigenvalue weighted by Gasteiger charge is -2.06. The molecule has 2 heterocycles. The highest BCUT2D eigenvalue weighted by atomic mass is 19.1. The lowest BCUT2D eigenvalue weighted by Crippen LogP contribution is -2.13. The minimum absolute atomic E-state index is 0.0244. The van der Waals surface area contributed by atoms with Gasteiger partial charge in [-0.25, -0.2) is 9.37 Å². The van der Waals surface area contributed by atoms with E-state index in [1.165, 1.54) is 12.1 Å². The number of fused-ring (bicyclic) bond motifs is 1. The number of carbonyl (C=O) groups excluding carboxylic acids is 1. The molecule has 0 fully saturated rings.